The van der Waals surface area contributed by atoms with E-state index in [1.807, 2.05) is 71.6 Å². The van der Waals surface area contributed by atoms with Crippen LogP contribution in [0.2, 0.25) is 0 Å². The molecule has 0 aliphatic carbocycles. The molecule has 0 bridgehead atoms. The molecule has 1 aliphatic heterocycles. The van der Waals surface area contributed by atoms with Crippen LogP contribution in [0.1, 0.15) is 29.3 Å². The Labute approximate surface area is 260 Å². The van der Waals surface area contributed by atoms with E-state index in [0.29, 0.717) is 61.3 Å². The van der Waals surface area contributed by atoms with E-state index < -0.39 is 5.97 Å². The van der Waals surface area contributed by atoms with Crippen LogP contribution in [0.4, 0.5) is 11.8 Å². The van der Waals surface area contributed by atoms with E-state index in [0.717, 1.165) is 22.6 Å². The first-order valence-corrected chi connectivity index (χ1v) is 14.5. The number of methoxy groups -OCH3 is 1. The first-order valence-electron chi connectivity index (χ1n) is 14.5. The molecular formula is C33H31N9O3. The topological polar surface area (TPSA) is 155 Å². The SMILES string of the molecule is COCC(Nc1nc(-c2cccc(C#N)c2)cc(-c2cn(Cc3cccc(N4CCC(C(=O)O)C4)n3)nn2)n1)c1ccccc1. The molecule has 0 spiro atoms. The fourth-order valence-corrected chi connectivity index (χ4v) is 5.33. The predicted molar refractivity (Wildman–Crippen MR) is 167 cm³/mol. The normalized spacial score (nSPS) is 15.0. The standard InChI is InChI=1S/C33H31N9O3/c1-45-21-30(23-8-3-2-4-9-23)38-33-36-27(24-10-5-7-22(15-24)17-34)16-28(37-33)29-20-42(40-39-29)19-26-11-6-12-31(35-26)41-14-13-25(18-41)32(43)44/h2-12,15-16,20,25,30H,13-14,18-19,21H2,1H3,(H,43,44)(H,36,37,38). The van der Waals surface area contributed by atoms with Gasteiger partial charge in [0.1, 0.15) is 11.5 Å². The van der Waals surface area contributed by atoms with Crippen molar-refractivity contribution in [2.75, 3.05) is 37.0 Å². The van der Waals surface area contributed by atoms with Crippen molar-refractivity contribution in [1.82, 2.24) is 29.9 Å². The van der Waals surface area contributed by atoms with Crippen molar-refractivity contribution in [3.63, 3.8) is 0 Å². The molecule has 2 unspecified atom stereocenters. The monoisotopic (exact) mass is 601 g/mol. The number of anilines is 2. The summed E-state index contributed by atoms with van der Waals surface area (Å²) in [5.41, 5.74) is 4.81. The lowest BCUT2D eigenvalue weighted by atomic mass is 10.1. The van der Waals surface area contributed by atoms with Crippen LogP contribution in [0.25, 0.3) is 22.6 Å². The van der Waals surface area contributed by atoms with Gasteiger partial charge in [0.05, 0.1) is 60.0 Å². The van der Waals surface area contributed by atoms with Gasteiger partial charge in [-0.05, 0) is 42.3 Å². The van der Waals surface area contributed by atoms with Crippen molar-refractivity contribution in [3.05, 3.63) is 102 Å². The summed E-state index contributed by atoms with van der Waals surface area (Å²) in [6.45, 7) is 1.86. The molecule has 2 N–H and O–H groups in total. The zero-order valence-electron chi connectivity index (χ0n) is 24.6. The molecule has 0 saturated carbocycles. The number of carboxylic acid groups (broad SMARTS) is 1. The summed E-state index contributed by atoms with van der Waals surface area (Å²) in [6.07, 6.45) is 2.40. The highest BCUT2D eigenvalue weighted by atomic mass is 16.5. The van der Waals surface area contributed by atoms with Gasteiger partial charge in [0.25, 0.3) is 0 Å². The number of hydrogen-bond acceptors (Lipinski definition) is 10. The van der Waals surface area contributed by atoms with Crippen LogP contribution in [-0.4, -0.2) is 67.8 Å². The van der Waals surface area contributed by atoms with Gasteiger partial charge in [-0.2, -0.15) is 5.26 Å². The van der Waals surface area contributed by atoms with Gasteiger partial charge in [-0.15, -0.1) is 5.10 Å². The maximum atomic E-state index is 11.4. The summed E-state index contributed by atoms with van der Waals surface area (Å²) in [6, 6.07) is 26.7. The van der Waals surface area contributed by atoms with E-state index in [9.17, 15) is 15.2 Å². The minimum atomic E-state index is -0.776. The summed E-state index contributed by atoms with van der Waals surface area (Å²) < 4.78 is 7.18. The van der Waals surface area contributed by atoms with Crippen molar-refractivity contribution in [2.45, 2.75) is 19.0 Å². The van der Waals surface area contributed by atoms with Crippen molar-refractivity contribution in [3.8, 4) is 28.7 Å². The van der Waals surface area contributed by atoms with Crippen molar-refractivity contribution in [2.24, 2.45) is 5.92 Å². The third kappa shape index (κ3) is 6.95. The highest BCUT2D eigenvalue weighted by Gasteiger charge is 2.28. The molecule has 0 amide bonds. The third-order valence-corrected chi connectivity index (χ3v) is 7.63. The van der Waals surface area contributed by atoms with Gasteiger partial charge in [0, 0.05) is 25.8 Å². The number of hydrogen-bond donors (Lipinski definition) is 2. The Morgan fingerprint density at radius 1 is 1.04 bits per heavy atom. The highest BCUT2D eigenvalue weighted by molar-refractivity contribution is 5.72. The number of carbonyl (C=O) groups is 1. The van der Waals surface area contributed by atoms with Crippen LogP contribution in [0.15, 0.2) is 85.1 Å². The zero-order chi connectivity index (χ0) is 31.2. The van der Waals surface area contributed by atoms with Crippen LogP contribution in [-0.2, 0) is 16.1 Å². The van der Waals surface area contributed by atoms with Gasteiger partial charge in [-0.1, -0.05) is 53.7 Å². The van der Waals surface area contributed by atoms with E-state index in [1.54, 1.807) is 30.1 Å². The van der Waals surface area contributed by atoms with Crippen molar-refractivity contribution in [1.29, 1.82) is 5.26 Å². The van der Waals surface area contributed by atoms with E-state index in [4.69, 9.17) is 19.7 Å². The van der Waals surface area contributed by atoms with Crippen LogP contribution in [0.3, 0.4) is 0 Å². The number of benzene rings is 2. The smallest absolute Gasteiger partial charge is 0.308 e. The maximum Gasteiger partial charge on any atom is 0.308 e. The number of carboxylic acids is 1. The first-order chi connectivity index (χ1) is 22.0. The molecule has 1 aliphatic rings. The Balaban J connectivity index is 1.29. The van der Waals surface area contributed by atoms with Crippen LogP contribution in [0, 0.1) is 17.2 Å². The second-order valence-corrected chi connectivity index (χ2v) is 10.8. The fourth-order valence-electron chi connectivity index (χ4n) is 5.33. The van der Waals surface area contributed by atoms with Crippen LogP contribution in [0.5, 0.6) is 0 Å². The van der Waals surface area contributed by atoms with Crippen LogP contribution >= 0.6 is 0 Å². The Kier molecular flexibility index (Phi) is 8.70. The highest BCUT2D eigenvalue weighted by Crippen LogP contribution is 2.27. The molecule has 6 rings (SSSR count). The Bertz CT molecular complexity index is 1840. The van der Waals surface area contributed by atoms with Gasteiger partial charge in [-0.25, -0.2) is 19.6 Å². The second-order valence-electron chi connectivity index (χ2n) is 10.8. The maximum absolute atomic E-state index is 11.4. The van der Waals surface area contributed by atoms with Crippen molar-refractivity contribution < 1.29 is 14.6 Å². The summed E-state index contributed by atoms with van der Waals surface area (Å²) >= 11 is 0. The van der Waals surface area contributed by atoms with Gasteiger partial charge >= 0.3 is 5.97 Å². The van der Waals surface area contributed by atoms with Crippen molar-refractivity contribution >= 4 is 17.7 Å². The lowest BCUT2D eigenvalue weighted by molar-refractivity contribution is -0.140. The summed E-state index contributed by atoms with van der Waals surface area (Å²) in [5.74, 6) is -0.0336. The molecule has 5 aromatic rings. The number of nitriles is 1. The van der Waals surface area contributed by atoms with Gasteiger partial charge in [0.15, 0.2) is 0 Å². The number of aromatic nitrogens is 6. The Morgan fingerprint density at radius 3 is 2.64 bits per heavy atom. The number of pyridine rings is 1. The quantitative estimate of drug-likeness (QED) is 0.221. The zero-order valence-corrected chi connectivity index (χ0v) is 24.6. The summed E-state index contributed by atoms with van der Waals surface area (Å²) in [5, 5.41) is 31.0. The second kappa shape index (κ2) is 13.3. The number of nitrogens with one attached hydrogen (secondary N) is 1. The molecule has 45 heavy (non-hydrogen) atoms. The summed E-state index contributed by atoms with van der Waals surface area (Å²) in [4.78, 5) is 27.8. The molecule has 2 aromatic carbocycles. The van der Waals surface area contributed by atoms with E-state index >= 15 is 0 Å². The molecule has 1 fully saturated rings. The van der Waals surface area contributed by atoms with Gasteiger partial charge < -0.3 is 20.1 Å². The minimum Gasteiger partial charge on any atom is -0.481 e. The van der Waals surface area contributed by atoms with Gasteiger partial charge in [0.2, 0.25) is 5.95 Å². The lowest BCUT2D eigenvalue weighted by Crippen LogP contribution is -2.23. The predicted octanol–water partition coefficient (Wildman–Crippen LogP) is 4.43. The molecular weight excluding hydrogens is 570 g/mol. The molecule has 3 aromatic heterocycles. The average Bonchev–Trinajstić information content (AvgIpc) is 3.76. The number of aliphatic carboxylic acids is 1. The van der Waals surface area contributed by atoms with E-state index in [-0.39, 0.29) is 12.0 Å². The Hall–Kier alpha value is -5.67. The molecule has 12 nitrogen and oxygen atoms in total. The third-order valence-electron chi connectivity index (χ3n) is 7.63. The molecule has 1 saturated heterocycles. The largest absolute Gasteiger partial charge is 0.481 e. The average molecular weight is 602 g/mol. The Morgan fingerprint density at radius 2 is 1.87 bits per heavy atom. The molecule has 12 heteroatoms. The summed E-state index contributed by atoms with van der Waals surface area (Å²) in [7, 11) is 1.65. The lowest BCUT2D eigenvalue weighted by Gasteiger charge is -2.19. The number of rotatable bonds is 11. The molecule has 4 heterocycles. The van der Waals surface area contributed by atoms with E-state index in [2.05, 4.69) is 21.7 Å². The van der Waals surface area contributed by atoms with Crippen LogP contribution < -0.4 is 10.2 Å². The fraction of sp³-hybridized carbons (Fsp3) is 0.242. The molecule has 0 radical (unpaired) electrons. The minimum absolute atomic E-state index is 0.208. The molecule has 2 atom stereocenters. The number of nitrogens with zero attached hydrogens (tertiary/aromatic N) is 8. The molecule has 226 valence electrons. The van der Waals surface area contributed by atoms with Gasteiger partial charge in [-0.3, -0.25) is 4.79 Å². The van der Waals surface area contributed by atoms with E-state index in [1.165, 1.54) is 0 Å². The number of ether oxygens (including phenoxy) is 1. The first kappa shape index (κ1) is 29.4.